The molecule has 3 unspecified atom stereocenters. The molecular formula is C19H27N3O5. The number of amides is 4. The zero-order chi connectivity index (χ0) is 19.2. The molecule has 0 bridgehead atoms. The molecule has 4 amide bonds. The molecular weight excluding hydrogens is 350 g/mol. The van der Waals surface area contributed by atoms with E-state index in [-0.39, 0.29) is 24.4 Å². The van der Waals surface area contributed by atoms with Gasteiger partial charge in [0.25, 0.3) is 5.91 Å². The van der Waals surface area contributed by atoms with E-state index in [1.807, 2.05) is 0 Å². The van der Waals surface area contributed by atoms with E-state index in [2.05, 4.69) is 5.32 Å². The number of hydrogen-bond donors (Lipinski definition) is 2. The molecule has 2 N–H and O–H groups in total. The summed E-state index contributed by atoms with van der Waals surface area (Å²) in [6, 6.07) is -1.46. The Morgan fingerprint density at radius 1 is 1.07 bits per heavy atom. The van der Waals surface area contributed by atoms with E-state index in [0.29, 0.717) is 19.3 Å². The fourth-order valence-corrected chi connectivity index (χ4v) is 5.57. The predicted molar refractivity (Wildman–Crippen MR) is 94.7 cm³/mol. The summed E-state index contributed by atoms with van der Waals surface area (Å²) in [6.45, 7) is -0.362. The smallest absolute Gasteiger partial charge is 0.326 e. The first-order valence-electron chi connectivity index (χ1n) is 10.1. The quantitative estimate of drug-likeness (QED) is 0.725. The molecule has 0 aromatic heterocycles. The summed E-state index contributed by atoms with van der Waals surface area (Å²) >= 11 is 0. The summed E-state index contributed by atoms with van der Waals surface area (Å²) in [5.41, 5.74) is -0.861. The van der Waals surface area contributed by atoms with Crippen LogP contribution in [-0.4, -0.2) is 62.9 Å². The summed E-state index contributed by atoms with van der Waals surface area (Å²) in [6.07, 6.45) is 8.25. The molecule has 2 aliphatic carbocycles. The third-order valence-electron chi connectivity index (χ3n) is 6.91. The number of carbonyl (C=O) groups is 4. The van der Waals surface area contributed by atoms with Gasteiger partial charge in [0.1, 0.15) is 18.1 Å². The van der Waals surface area contributed by atoms with Crippen molar-refractivity contribution in [1.82, 2.24) is 15.1 Å². The van der Waals surface area contributed by atoms with E-state index in [4.69, 9.17) is 0 Å². The highest BCUT2D eigenvalue weighted by Crippen LogP contribution is 2.40. The van der Waals surface area contributed by atoms with Crippen molar-refractivity contribution in [2.75, 3.05) is 6.54 Å². The number of imide groups is 1. The Balaban J connectivity index is 1.51. The van der Waals surface area contributed by atoms with Gasteiger partial charge in [-0.2, -0.15) is 0 Å². The molecule has 0 radical (unpaired) electrons. The van der Waals surface area contributed by atoms with Gasteiger partial charge >= 0.3 is 12.0 Å². The van der Waals surface area contributed by atoms with Crippen molar-refractivity contribution in [3.63, 3.8) is 0 Å². The van der Waals surface area contributed by atoms with Gasteiger partial charge in [0, 0.05) is 6.04 Å². The molecule has 2 heterocycles. The normalized spacial score (nSPS) is 32.5. The van der Waals surface area contributed by atoms with Crippen LogP contribution in [0.3, 0.4) is 0 Å². The summed E-state index contributed by atoms with van der Waals surface area (Å²) in [7, 11) is 0. The van der Waals surface area contributed by atoms with E-state index in [9.17, 15) is 24.3 Å². The molecule has 2 saturated heterocycles. The minimum absolute atomic E-state index is 0.0863. The number of likely N-dealkylation sites (tertiary alicyclic amines) is 1. The van der Waals surface area contributed by atoms with Crippen LogP contribution < -0.4 is 5.32 Å². The second-order valence-electron chi connectivity index (χ2n) is 8.47. The zero-order valence-corrected chi connectivity index (χ0v) is 15.5. The fraction of sp³-hybridized carbons (Fsp3) is 0.789. The molecule has 3 atom stereocenters. The Kier molecular flexibility index (Phi) is 4.60. The molecule has 148 valence electrons. The largest absolute Gasteiger partial charge is 0.480 e. The lowest BCUT2D eigenvalue weighted by Gasteiger charge is -2.34. The second kappa shape index (κ2) is 6.80. The Morgan fingerprint density at radius 3 is 2.48 bits per heavy atom. The van der Waals surface area contributed by atoms with Crippen LogP contribution in [0, 0.1) is 5.92 Å². The van der Waals surface area contributed by atoms with Crippen molar-refractivity contribution in [3.05, 3.63) is 0 Å². The number of urea groups is 1. The van der Waals surface area contributed by atoms with Crippen molar-refractivity contribution in [2.45, 2.75) is 81.8 Å². The first-order chi connectivity index (χ1) is 12.9. The summed E-state index contributed by atoms with van der Waals surface area (Å²) in [5, 5.41) is 12.4. The van der Waals surface area contributed by atoms with Crippen molar-refractivity contribution in [2.24, 2.45) is 5.92 Å². The number of fused-ring (bicyclic) bond motifs is 1. The van der Waals surface area contributed by atoms with E-state index in [1.54, 1.807) is 0 Å². The Hall–Kier alpha value is -2.12. The number of nitrogens with one attached hydrogen (secondary N) is 1. The lowest BCUT2D eigenvalue weighted by atomic mass is 9.82. The molecule has 4 rings (SSSR count). The van der Waals surface area contributed by atoms with E-state index in [0.717, 1.165) is 49.8 Å². The Morgan fingerprint density at radius 2 is 1.78 bits per heavy atom. The SMILES string of the molecule is O=C(O)C1CC2CCCCC2N1C(=O)CN1C(=O)NC2(CCCCC2)C1=O. The first kappa shape index (κ1) is 18.3. The van der Waals surface area contributed by atoms with Gasteiger partial charge in [-0.3, -0.25) is 14.5 Å². The highest BCUT2D eigenvalue weighted by Gasteiger charge is 2.53. The van der Waals surface area contributed by atoms with Crippen molar-refractivity contribution < 1.29 is 24.3 Å². The third kappa shape index (κ3) is 2.99. The van der Waals surface area contributed by atoms with Crippen LogP contribution in [0.2, 0.25) is 0 Å². The zero-order valence-electron chi connectivity index (χ0n) is 15.5. The maximum atomic E-state index is 13.0. The molecule has 8 heteroatoms. The van der Waals surface area contributed by atoms with Crippen molar-refractivity contribution >= 4 is 23.8 Å². The van der Waals surface area contributed by atoms with Crippen LogP contribution in [0.1, 0.15) is 64.2 Å². The van der Waals surface area contributed by atoms with E-state index in [1.165, 1.54) is 4.90 Å². The topological polar surface area (TPSA) is 107 Å². The molecule has 8 nitrogen and oxygen atoms in total. The van der Waals surface area contributed by atoms with Gasteiger partial charge in [0.15, 0.2) is 0 Å². The van der Waals surface area contributed by atoms with Gasteiger partial charge < -0.3 is 15.3 Å². The standard InChI is InChI=1S/C19H27N3O5/c23-15(22-13-7-3-2-6-12(13)10-14(22)16(24)25)11-21-17(26)19(20-18(21)27)8-4-1-5-9-19/h12-14H,1-11H2,(H,20,27)(H,24,25). The summed E-state index contributed by atoms with van der Waals surface area (Å²) < 4.78 is 0. The van der Waals surface area contributed by atoms with Gasteiger partial charge in [-0.1, -0.05) is 32.1 Å². The highest BCUT2D eigenvalue weighted by molar-refractivity contribution is 6.09. The van der Waals surface area contributed by atoms with Gasteiger partial charge in [-0.05, 0) is 38.0 Å². The van der Waals surface area contributed by atoms with Gasteiger partial charge in [0.2, 0.25) is 5.91 Å². The monoisotopic (exact) mass is 377 g/mol. The number of aliphatic carboxylic acids is 1. The van der Waals surface area contributed by atoms with Crippen LogP contribution in [-0.2, 0) is 14.4 Å². The Bertz CT molecular complexity index is 672. The number of carboxylic acid groups (broad SMARTS) is 1. The average molecular weight is 377 g/mol. The summed E-state index contributed by atoms with van der Waals surface area (Å²) in [4.78, 5) is 52.5. The fourth-order valence-electron chi connectivity index (χ4n) is 5.57. The van der Waals surface area contributed by atoms with Crippen LogP contribution in [0.4, 0.5) is 4.79 Å². The highest BCUT2D eigenvalue weighted by atomic mass is 16.4. The minimum atomic E-state index is -1.00. The number of hydrogen-bond acceptors (Lipinski definition) is 4. The lowest BCUT2D eigenvalue weighted by molar-refractivity contribution is -0.151. The maximum Gasteiger partial charge on any atom is 0.326 e. The van der Waals surface area contributed by atoms with Gasteiger partial charge in [-0.15, -0.1) is 0 Å². The number of nitrogens with zero attached hydrogens (tertiary/aromatic N) is 2. The van der Waals surface area contributed by atoms with Crippen LogP contribution in [0.25, 0.3) is 0 Å². The number of carbonyl (C=O) groups excluding carboxylic acids is 3. The predicted octanol–water partition coefficient (Wildman–Crippen LogP) is 1.49. The molecule has 0 aromatic carbocycles. The van der Waals surface area contributed by atoms with Crippen molar-refractivity contribution in [3.8, 4) is 0 Å². The maximum absolute atomic E-state index is 13.0. The number of rotatable bonds is 3. The second-order valence-corrected chi connectivity index (χ2v) is 8.47. The minimum Gasteiger partial charge on any atom is -0.480 e. The molecule has 1 spiro atoms. The Labute approximate surface area is 158 Å². The first-order valence-corrected chi connectivity index (χ1v) is 10.1. The summed E-state index contributed by atoms with van der Waals surface area (Å²) in [5.74, 6) is -1.55. The van der Waals surface area contributed by atoms with Gasteiger partial charge in [-0.25, -0.2) is 9.59 Å². The van der Waals surface area contributed by atoms with E-state index < -0.39 is 29.5 Å². The average Bonchev–Trinajstić information content (AvgIpc) is 3.14. The number of carboxylic acids is 1. The molecule has 4 aliphatic rings. The molecule has 27 heavy (non-hydrogen) atoms. The molecule has 2 saturated carbocycles. The molecule has 2 aliphatic heterocycles. The molecule has 0 aromatic rings. The van der Waals surface area contributed by atoms with Crippen LogP contribution >= 0.6 is 0 Å². The van der Waals surface area contributed by atoms with Crippen molar-refractivity contribution in [1.29, 1.82) is 0 Å². The third-order valence-corrected chi connectivity index (χ3v) is 6.91. The lowest BCUT2D eigenvalue weighted by Crippen LogP contribution is -2.52. The van der Waals surface area contributed by atoms with Crippen LogP contribution in [0.15, 0.2) is 0 Å². The van der Waals surface area contributed by atoms with E-state index >= 15 is 0 Å². The molecule has 4 fully saturated rings. The van der Waals surface area contributed by atoms with Crippen LogP contribution in [0.5, 0.6) is 0 Å². The van der Waals surface area contributed by atoms with Gasteiger partial charge in [0.05, 0.1) is 0 Å².